The van der Waals surface area contributed by atoms with Crippen LogP contribution in [0.2, 0.25) is 5.02 Å². The van der Waals surface area contributed by atoms with Crippen LogP contribution in [0.3, 0.4) is 0 Å². The van der Waals surface area contributed by atoms with Crippen LogP contribution in [0, 0.1) is 0 Å². The number of benzene rings is 2. The van der Waals surface area contributed by atoms with E-state index < -0.39 is 0 Å². The van der Waals surface area contributed by atoms with Gasteiger partial charge in [-0.1, -0.05) is 46.4 Å². The van der Waals surface area contributed by atoms with Gasteiger partial charge >= 0.3 is 0 Å². The Morgan fingerprint density at radius 2 is 1.56 bits per heavy atom. The van der Waals surface area contributed by atoms with Crippen LogP contribution >= 0.6 is 11.6 Å². The van der Waals surface area contributed by atoms with Gasteiger partial charge in [0.25, 0.3) is 0 Å². The van der Waals surface area contributed by atoms with Gasteiger partial charge in [0.2, 0.25) is 0 Å². The Morgan fingerprint density at radius 3 is 2.25 bits per heavy atom. The van der Waals surface area contributed by atoms with Crippen LogP contribution in [0.5, 0.6) is 0 Å². The highest BCUT2D eigenvalue weighted by Crippen LogP contribution is 2.23. The highest BCUT2D eigenvalue weighted by molar-refractivity contribution is 6.33. The predicted octanol–water partition coefficient (Wildman–Crippen LogP) is 4.06. The fraction of sp³-hybridized carbons (Fsp3) is 0. The molecule has 0 unspecified atom stereocenters. The molecule has 0 aliphatic rings. The molecular formula is C12H10ClFN2. The molecule has 0 saturated carbocycles. The Labute approximate surface area is 98.2 Å². The average Bonchev–Trinajstić information content (AvgIpc) is 2.33. The fourth-order valence-corrected chi connectivity index (χ4v) is 1.46. The number of hydrazine groups is 1. The number of hydrogen-bond donors (Lipinski definition) is 1. The molecule has 0 aliphatic heterocycles. The smallest absolute Gasteiger partial charge is 0.0930 e. The van der Waals surface area contributed by atoms with Gasteiger partial charge in [0.05, 0.1) is 16.4 Å². The van der Waals surface area contributed by atoms with Crippen molar-refractivity contribution in [3.05, 3.63) is 59.6 Å². The van der Waals surface area contributed by atoms with Crippen molar-refractivity contribution < 1.29 is 4.48 Å². The molecule has 2 aromatic rings. The van der Waals surface area contributed by atoms with Crippen LogP contribution in [0.15, 0.2) is 54.6 Å². The number of nitrogens with one attached hydrogen (secondary N) is 1. The standard InChI is InChI=1S/C12H10ClFN2/c13-11-8-4-5-9-12(11)15-16(14)10-6-2-1-3-7-10/h1-9,15H. The third kappa shape index (κ3) is 2.44. The van der Waals surface area contributed by atoms with E-state index in [-0.39, 0.29) is 0 Å². The quantitative estimate of drug-likeness (QED) is 0.639. The zero-order valence-corrected chi connectivity index (χ0v) is 9.16. The number of hydrogen-bond acceptors (Lipinski definition) is 2. The summed E-state index contributed by atoms with van der Waals surface area (Å²) in [5.74, 6) is 0. The van der Waals surface area contributed by atoms with E-state index in [1.165, 1.54) is 0 Å². The van der Waals surface area contributed by atoms with Crippen molar-refractivity contribution >= 4 is 23.0 Å². The summed E-state index contributed by atoms with van der Waals surface area (Å²) in [6.45, 7) is 0. The van der Waals surface area contributed by atoms with Crippen molar-refractivity contribution in [2.45, 2.75) is 0 Å². The summed E-state index contributed by atoms with van der Waals surface area (Å²) < 4.78 is 13.7. The third-order valence-electron chi connectivity index (χ3n) is 2.08. The maximum atomic E-state index is 13.7. The molecular weight excluding hydrogens is 227 g/mol. The van der Waals surface area contributed by atoms with Crippen molar-refractivity contribution in [3.8, 4) is 0 Å². The largest absolute Gasteiger partial charge is 0.269 e. The summed E-state index contributed by atoms with van der Waals surface area (Å²) in [5, 5.41) is 0.905. The second-order valence-corrected chi connectivity index (χ2v) is 3.62. The second kappa shape index (κ2) is 4.86. The summed E-state index contributed by atoms with van der Waals surface area (Å²) in [5.41, 5.74) is 3.50. The van der Waals surface area contributed by atoms with E-state index in [9.17, 15) is 4.48 Å². The zero-order chi connectivity index (χ0) is 11.4. The van der Waals surface area contributed by atoms with Crippen LogP contribution in [0.1, 0.15) is 0 Å². The molecule has 2 aromatic carbocycles. The van der Waals surface area contributed by atoms with Crippen LogP contribution in [-0.2, 0) is 0 Å². The van der Waals surface area contributed by atoms with Gasteiger partial charge in [0.15, 0.2) is 0 Å². The first kappa shape index (κ1) is 10.8. The molecule has 0 radical (unpaired) electrons. The monoisotopic (exact) mass is 236 g/mol. The molecule has 1 N–H and O–H groups in total. The van der Waals surface area contributed by atoms with Gasteiger partial charge in [-0.3, -0.25) is 5.43 Å². The van der Waals surface area contributed by atoms with Crippen molar-refractivity contribution in [2.75, 3.05) is 10.7 Å². The van der Waals surface area contributed by atoms with E-state index in [4.69, 9.17) is 11.6 Å². The number of para-hydroxylation sites is 2. The Morgan fingerprint density at radius 1 is 0.938 bits per heavy atom. The molecule has 0 atom stereocenters. The van der Waals surface area contributed by atoms with Gasteiger partial charge in [0, 0.05) is 0 Å². The van der Waals surface area contributed by atoms with Gasteiger partial charge in [-0.2, -0.15) is 0 Å². The van der Waals surface area contributed by atoms with Crippen molar-refractivity contribution in [3.63, 3.8) is 0 Å². The first-order valence-electron chi connectivity index (χ1n) is 4.79. The van der Waals surface area contributed by atoms with E-state index >= 15 is 0 Å². The molecule has 82 valence electrons. The second-order valence-electron chi connectivity index (χ2n) is 3.21. The van der Waals surface area contributed by atoms with Gasteiger partial charge in [0.1, 0.15) is 0 Å². The van der Waals surface area contributed by atoms with E-state index in [1.54, 1.807) is 48.5 Å². The fourth-order valence-electron chi connectivity index (χ4n) is 1.28. The van der Waals surface area contributed by atoms with Crippen molar-refractivity contribution in [2.24, 2.45) is 0 Å². The maximum absolute atomic E-state index is 13.7. The maximum Gasteiger partial charge on any atom is 0.0930 e. The highest BCUT2D eigenvalue weighted by atomic mass is 35.5. The molecule has 0 spiro atoms. The minimum absolute atomic E-state index is 0.419. The Bertz CT molecular complexity index is 462. The van der Waals surface area contributed by atoms with Crippen LogP contribution in [0.25, 0.3) is 0 Å². The lowest BCUT2D eigenvalue weighted by molar-refractivity contribution is 0.472. The molecule has 0 aliphatic carbocycles. The topological polar surface area (TPSA) is 15.3 Å². The first-order chi connectivity index (χ1) is 7.77. The van der Waals surface area contributed by atoms with Crippen LogP contribution in [0.4, 0.5) is 15.9 Å². The molecule has 2 nitrogen and oxygen atoms in total. The Balaban J connectivity index is 2.14. The zero-order valence-electron chi connectivity index (χ0n) is 8.40. The number of anilines is 2. The molecule has 0 saturated heterocycles. The highest BCUT2D eigenvalue weighted by Gasteiger charge is 2.05. The van der Waals surface area contributed by atoms with Gasteiger partial charge < -0.3 is 0 Å². The Kier molecular flexibility index (Phi) is 3.27. The van der Waals surface area contributed by atoms with Gasteiger partial charge in [-0.25, -0.2) is 0 Å². The molecule has 16 heavy (non-hydrogen) atoms. The predicted molar refractivity (Wildman–Crippen MR) is 65.1 cm³/mol. The first-order valence-corrected chi connectivity index (χ1v) is 5.17. The number of rotatable bonds is 3. The molecule has 4 heteroatoms. The van der Waals surface area contributed by atoms with Crippen molar-refractivity contribution in [1.29, 1.82) is 0 Å². The lowest BCUT2D eigenvalue weighted by atomic mass is 10.3. The summed E-state index contributed by atoms with van der Waals surface area (Å²) in [7, 11) is 0. The summed E-state index contributed by atoms with van der Waals surface area (Å²) in [6.07, 6.45) is 0. The average molecular weight is 237 g/mol. The third-order valence-corrected chi connectivity index (χ3v) is 2.40. The molecule has 0 heterocycles. The normalized spacial score (nSPS) is 9.88. The van der Waals surface area contributed by atoms with Crippen LogP contribution in [-0.4, -0.2) is 0 Å². The minimum Gasteiger partial charge on any atom is -0.269 e. The lowest BCUT2D eigenvalue weighted by Crippen LogP contribution is -2.19. The lowest BCUT2D eigenvalue weighted by Gasteiger charge is -2.16. The van der Waals surface area contributed by atoms with Gasteiger partial charge in [-0.15, -0.1) is 5.23 Å². The number of nitrogens with zero attached hydrogens (tertiary/aromatic N) is 1. The molecule has 0 aromatic heterocycles. The summed E-state index contributed by atoms with van der Waals surface area (Å²) in [6, 6.07) is 15.6. The van der Waals surface area contributed by atoms with E-state index in [2.05, 4.69) is 5.43 Å². The van der Waals surface area contributed by atoms with Crippen molar-refractivity contribution in [1.82, 2.24) is 0 Å². The summed E-state index contributed by atoms with van der Waals surface area (Å²) >= 11 is 5.90. The molecule has 0 bridgehead atoms. The molecule has 0 amide bonds. The number of halogens is 2. The SMILES string of the molecule is FN(Nc1ccccc1Cl)c1ccccc1. The molecule has 2 rings (SSSR count). The van der Waals surface area contributed by atoms with Crippen LogP contribution < -0.4 is 10.7 Å². The van der Waals surface area contributed by atoms with E-state index in [0.717, 1.165) is 0 Å². The van der Waals surface area contributed by atoms with Gasteiger partial charge in [-0.05, 0) is 24.3 Å². The Hall–Kier alpha value is -1.74. The van der Waals surface area contributed by atoms with E-state index in [1.807, 2.05) is 6.07 Å². The minimum atomic E-state index is 0.419. The summed E-state index contributed by atoms with van der Waals surface area (Å²) in [4.78, 5) is 0. The van der Waals surface area contributed by atoms with E-state index in [0.29, 0.717) is 21.6 Å². The molecule has 0 fully saturated rings.